The average molecular weight is 445 g/mol. The first-order valence-electron chi connectivity index (χ1n) is 12.0. The lowest BCUT2D eigenvalue weighted by Crippen LogP contribution is -2.46. The molecule has 0 aromatic heterocycles. The summed E-state index contributed by atoms with van der Waals surface area (Å²) in [5.74, 6) is 1.12. The molecular formula is C27H34F2O3. The third kappa shape index (κ3) is 5.32. The van der Waals surface area contributed by atoms with Crippen LogP contribution < -0.4 is 4.74 Å². The van der Waals surface area contributed by atoms with Gasteiger partial charge >= 0.3 is 0 Å². The van der Waals surface area contributed by atoms with E-state index in [2.05, 4.69) is 0 Å². The topological polar surface area (TPSA) is 27.7 Å². The fourth-order valence-corrected chi connectivity index (χ4v) is 5.07. The molecule has 1 aliphatic heterocycles. The minimum absolute atomic E-state index is 0.118. The van der Waals surface area contributed by atoms with E-state index < -0.39 is 5.67 Å². The summed E-state index contributed by atoms with van der Waals surface area (Å²) in [5.41, 5.74) is 1.28. The van der Waals surface area contributed by atoms with Crippen LogP contribution >= 0.6 is 0 Å². The van der Waals surface area contributed by atoms with Gasteiger partial charge in [0.1, 0.15) is 11.6 Å². The number of halogens is 2. The van der Waals surface area contributed by atoms with E-state index in [1.54, 1.807) is 6.07 Å². The van der Waals surface area contributed by atoms with Crippen molar-refractivity contribution < 1.29 is 23.0 Å². The number of alkyl halides is 1. The quantitative estimate of drug-likeness (QED) is 0.458. The van der Waals surface area contributed by atoms with E-state index in [1.807, 2.05) is 50.2 Å². The number of rotatable bonds is 7. The summed E-state index contributed by atoms with van der Waals surface area (Å²) in [5, 5.41) is 0. The highest BCUT2D eigenvalue weighted by Gasteiger charge is 2.40. The molecule has 0 spiro atoms. The Morgan fingerprint density at radius 2 is 1.59 bits per heavy atom. The molecule has 3 nitrogen and oxygen atoms in total. The minimum Gasteiger partial charge on any atom is -0.494 e. The highest BCUT2D eigenvalue weighted by Crippen LogP contribution is 2.41. The van der Waals surface area contributed by atoms with Gasteiger partial charge in [-0.25, -0.2) is 8.78 Å². The lowest BCUT2D eigenvalue weighted by Gasteiger charge is -2.40. The van der Waals surface area contributed by atoms with E-state index in [-0.39, 0.29) is 37.2 Å². The molecule has 1 heterocycles. The third-order valence-corrected chi connectivity index (χ3v) is 6.81. The molecule has 2 aromatic rings. The highest BCUT2D eigenvalue weighted by molar-refractivity contribution is 5.64. The number of hydrogen-bond donors (Lipinski definition) is 0. The van der Waals surface area contributed by atoms with Gasteiger partial charge in [-0.2, -0.15) is 0 Å². The van der Waals surface area contributed by atoms with Crippen molar-refractivity contribution >= 4 is 0 Å². The molecule has 2 aliphatic rings. The van der Waals surface area contributed by atoms with Crippen LogP contribution in [0.15, 0.2) is 42.5 Å². The van der Waals surface area contributed by atoms with Gasteiger partial charge in [0.15, 0.2) is 12.0 Å². The van der Waals surface area contributed by atoms with Gasteiger partial charge in [0, 0.05) is 5.92 Å². The van der Waals surface area contributed by atoms with Gasteiger partial charge in [-0.3, -0.25) is 0 Å². The average Bonchev–Trinajstić information content (AvgIpc) is 2.81. The number of hydrogen-bond acceptors (Lipinski definition) is 3. The maximum absolute atomic E-state index is 15.0. The summed E-state index contributed by atoms with van der Waals surface area (Å²) in [4.78, 5) is 0. The molecular weight excluding hydrogens is 410 g/mol. The lowest BCUT2D eigenvalue weighted by atomic mass is 9.78. The second-order valence-corrected chi connectivity index (χ2v) is 9.20. The first-order chi connectivity index (χ1) is 15.5. The molecule has 32 heavy (non-hydrogen) atoms. The van der Waals surface area contributed by atoms with Crippen molar-refractivity contribution in [3.8, 4) is 16.9 Å². The second-order valence-electron chi connectivity index (χ2n) is 9.20. The monoisotopic (exact) mass is 444 g/mol. The Bertz CT molecular complexity index is 867. The smallest absolute Gasteiger partial charge is 0.160 e. The molecule has 4 rings (SSSR count). The van der Waals surface area contributed by atoms with Gasteiger partial charge in [-0.1, -0.05) is 37.6 Å². The Kier molecular flexibility index (Phi) is 7.47. The second kappa shape index (κ2) is 10.3. The molecule has 2 aromatic carbocycles. The predicted molar refractivity (Wildman–Crippen MR) is 122 cm³/mol. The molecule has 0 atom stereocenters. The maximum Gasteiger partial charge on any atom is 0.160 e. The Balaban J connectivity index is 1.34. The van der Waals surface area contributed by atoms with Crippen LogP contribution in [0, 0.1) is 11.7 Å². The molecule has 1 aliphatic carbocycles. The van der Waals surface area contributed by atoms with Gasteiger partial charge < -0.3 is 14.2 Å². The first kappa shape index (κ1) is 23.2. The largest absolute Gasteiger partial charge is 0.494 e. The maximum atomic E-state index is 15.0. The van der Waals surface area contributed by atoms with Crippen molar-refractivity contribution in [2.75, 3.05) is 19.8 Å². The van der Waals surface area contributed by atoms with Crippen LogP contribution in [0.3, 0.4) is 0 Å². The molecule has 2 fully saturated rings. The number of ether oxygens (including phenoxy) is 3. The Labute approximate surface area is 190 Å². The standard InChI is InChI=1S/C27H34F2O3/c1-3-15-27(29)17-31-26(32-18-27)21-7-5-20(6-8-21)24-14-11-22(16-25(24)28)19-9-12-23(13-10-19)30-4-2/h9-14,16,20-21,26H,3-8,15,17-18H2,1-2H3. The van der Waals surface area contributed by atoms with Crippen LogP contribution in [-0.2, 0) is 9.47 Å². The van der Waals surface area contributed by atoms with Crippen LogP contribution in [0.25, 0.3) is 11.1 Å². The fourth-order valence-electron chi connectivity index (χ4n) is 5.07. The molecule has 0 radical (unpaired) electrons. The summed E-state index contributed by atoms with van der Waals surface area (Å²) < 4.78 is 46.6. The number of benzene rings is 2. The summed E-state index contributed by atoms with van der Waals surface area (Å²) in [6.07, 6.45) is 4.51. The van der Waals surface area contributed by atoms with E-state index in [9.17, 15) is 4.39 Å². The summed E-state index contributed by atoms with van der Waals surface area (Å²) in [7, 11) is 0. The summed E-state index contributed by atoms with van der Waals surface area (Å²) in [6, 6.07) is 13.3. The summed E-state index contributed by atoms with van der Waals surface area (Å²) >= 11 is 0. The first-order valence-corrected chi connectivity index (χ1v) is 12.0. The Hall–Kier alpha value is -1.98. The van der Waals surface area contributed by atoms with Crippen molar-refractivity contribution in [2.24, 2.45) is 5.92 Å². The molecule has 0 unspecified atom stereocenters. The minimum atomic E-state index is -1.35. The van der Waals surface area contributed by atoms with E-state index in [1.165, 1.54) is 0 Å². The predicted octanol–water partition coefficient (Wildman–Crippen LogP) is 7.05. The van der Waals surface area contributed by atoms with E-state index >= 15 is 4.39 Å². The Morgan fingerprint density at radius 1 is 0.938 bits per heavy atom. The third-order valence-electron chi connectivity index (χ3n) is 6.81. The van der Waals surface area contributed by atoms with Crippen molar-refractivity contribution in [2.45, 2.75) is 70.2 Å². The van der Waals surface area contributed by atoms with Crippen molar-refractivity contribution in [1.29, 1.82) is 0 Å². The van der Waals surface area contributed by atoms with E-state index in [4.69, 9.17) is 14.2 Å². The van der Waals surface area contributed by atoms with E-state index in [0.29, 0.717) is 13.0 Å². The molecule has 5 heteroatoms. The summed E-state index contributed by atoms with van der Waals surface area (Å²) in [6.45, 7) is 4.78. The zero-order valence-electron chi connectivity index (χ0n) is 19.1. The van der Waals surface area contributed by atoms with Crippen LogP contribution in [-0.4, -0.2) is 31.8 Å². The van der Waals surface area contributed by atoms with E-state index in [0.717, 1.165) is 54.5 Å². The molecule has 1 saturated heterocycles. The lowest BCUT2D eigenvalue weighted by molar-refractivity contribution is -0.257. The van der Waals surface area contributed by atoms with Crippen LogP contribution in [0.1, 0.15) is 63.9 Å². The van der Waals surface area contributed by atoms with Crippen LogP contribution in [0.2, 0.25) is 0 Å². The van der Waals surface area contributed by atoms with Crippen LogP contribution in [0.5, 0.6) is 5.75 Å². The highest BCUT2D eigenvalue weighted by atomic mass is 19.1. The molecule has 0 bridgehead atoms. The normalized spacial score (nSPS) is 28.4. The zero-order valence-corrected chi connectivity index (χ0v) is 19.1. The van der Waals surface area contributed by atoms with Gasteiger partial charge in [0.25, 0.3) is 0 Å². The van der Waals surface area contributed by atoms with Gasteiger partial charge in [-0.05, 0) is 79.8 Å². The van der Waals surface area contributed by atoms with Crippen molar-refractivity contribution in [3.05, 3.63) is 53.8 Å². The molecule has 174 valence electrons. The molecule has 0 amide bonds. The van der Waals surface area contributed by atoms with Gasteiger partial charge in [0.2, 0.25) is 0 Å². The SMILES string of the molecule is CCCC1(F)COC(C2CCC(c3ccc(-c4ccc(OCC)cc4)cc3F)CC2)OC1. The molecule has 1 saturated carbocycles. The zero-order chi connectivity index (χ0) is 22.6. The molecule has 0 N–H and O–H groups in total. The van der Waals surface area contributed by atoms with Crippen molar-refractivity contribution in [1.82, 2.24) is 0 Å². The van der Waals surface area contributed by atoms with Crippen molar-refractivity contribution in [3.63, 3.8) is 0 Å². The van der Waals surface area contributed by atoms with Gasteiger partial charge in [-0.15, -0.1) is 0 Å². The van der Waals surface area contributed by atoms with Gasteiger partial charge in [0.05, 0.1) is 19.8 Å². The Morgan fingerprint density at radius 3 is 2.19 bits per heavy atom. The fraction of sp³-hybridized carbons (Fsp3) is 0.556. The van der Waals surface area contributed by atoms with Crippen LogP contribution in [0.4, 0.5) is 8.78 Å².